The van der Waals surface area contributed by atoms with Crippen LogP contribution in [0.1, 0.15) is 47.0 Å². The van der Waals surface area contributed by atoms with Crippen LogP contribution in [0.15, 0.2) is 34.9 Å². The van der Waals surface area contributed by atoms with Gasteiger partial charge in [-0.3, -0.25) is 4.79 Å². The van der Waals surface area contributed by atoms with Gasteiger partial charge in [0.2, 0.25) is 0 Å². The van der Waals surface area contributed by atoms with Gasteiger partial charge in [-0.25, -0.2) is 0 Å². The van der Waals surface area contributed by atoms with Crippen LogP contribution in [0.3, 0.4) is 0 Å². The minimum atomic E-state index is 0.807. The van der Waals surface area contributed by atoms with E-state index in [1.54, 1.807) is 0 Å². The SMILES string of the molecule is CC/C(C=O)=C/C=C(\C)CCC=C(C)C. The van der Waals surface area contributed by atoms with Gasteiger partial charge in [-0.05, 0) is 45.6 Å². The number of hydrogen-bond donors (Lipinski definition) is 0. The van der Waals surface area contributed by atoms with E-state index in [1.165, 1.54) is 11.1 Å². The van der Waals surface area contributed by atoms with Gasteiger partial charge in [-0.1, -0.05) is 36.3 Å². The van der Waals surface area contributed by atoms with E-state index in [1.807, 2.05) is 19.1 Å². The molecule has 15 heavy (non-hydrogen) atoms. The molecule has 0 saturated heterocycles. The van der Waals surface area contributed by atoms with Gasteiger partial charge in [0.05, 0.1) is 0 Å². The molecule has 0 aliphatic carbocycles. The van der Waals surface area contributed by atoms with Crippen LogP contribution in [-0.4, -0.2) is 6.29 Å². The van der Waals surface area contributed by atoms with Crippen LogP contribution in [0.4, 0.5) is 0 Å². The molecule has 0 N–H and O–H groups in total. The molecule has 84 valence electrons. The molecular formula is C14H22O. The van der Waals surface area contributed by atoms with Gasteiger partial charge < -0.3 is 0 Å². The molecule has 0 rings (SSSR count). The molecule has 0 aliphatic heterocycles. The molecule has 0 aliphatic rings. The van der Waals surface area contributed by atoms with Crippen molar-refractivity contribution in [3.63, 3.8) is 0 Å². The van der Waals surface area contributed by atoms with Gasteiger partial charge in [0.1, 0.15) is 6.29 Å². The highest BCUT2D eigenvalue weighted by atomic mass is 16.1. The third kappa shape index (κ3) is 7.92. The molecule has 1 nitrogen and oxygen atoms in total. The van der Waals surface area contributed by atoms with Crippen molar-refractivity contribution >= 4 is 6.29 Å². The summed E-state index contributed by atoms with van der Waals surface area (Å²) < 4.78 is 0. The number of aldehydes is 1. The summed E-state index contributed by atoms with van der Waals surface area (Å²) in [4.78, 5) is 10.5. The van der Waals surface area contributed by atoms with Crippen molar-refractivity contribution in [2.45, 2.75) is 47.0 Å². The first-order valence-corrected chi connectivity index (χ1v) is 5.55. The first-order chi connectivity index (χ1) is 7.10. The van der Waals surface area contributed by atoms with Gasteiger partial charge in [-0.2, -0.15) is 0 Å². The topological polar surface area (TPSA) is 17.1 Å². The van der Waals surface area contributed by atoms with Gasteiger partial charge in [0.25, 0.3) is 0 Å². The lowest BCUT2D eigenvalue weighted by molar-refractivity contribution is -0.105. The predicted molar refractivity (Wildman–Crippen MR) is 66.9 cm³/mol. The molecule has 0 unspecified atom stereocenters. The van der Waals surface area contributed by atoms with Crippen molar-refractivity contribution < 1.29 is 4.79 Å². The van der Waals surface area contributed by atoms with Crippen LogP contribution < -0.4 is 0 Å². The van der Waals surface area contributed by atoms with E-state index in [-0.39, 0.29) is 0 Å². The van der Waals surface area contributed by atoms with Gasteiger partial charge in [-0.15, -0.1) is 0 Å². The Bertz CT molecular complexity index is 276. The Kier molecular flexibility index (Phi) is 7.61. The first kappa shape index (κ1) is 13.9. The molecule has 0 spiro atoms. The van der Waals surface area contributed by atoms with Crippen molar-refractivity contribution in [3.8, 4) is 0 Å². The molecule has 0 aromatic heterocycles. The Morgan fingerprint density at radius 3 is 2.27 bits per heavy atom. The Morgan fingerprint density at radius 1 is 1.13 bits per heavy atom. The number of allylic oxidation sites excluding steroid dienone is 6. The molecule has 1 heteroatoms. The second-order valence-corrected chi connectivity index (χ2v) is 4.05. The summed E-state index contributed by atoms with van der Waals surface area (Å²) >= 11 is 0. The number of carbonyl (C=O) groups is 1. The molecule has 0 radical (unpaired) electrons. The quantitative estimate of drug-likeness (QED) is 0.275. The lowest BCUT2D eigenvalue weighted by Crippen LogP contribution is -1.81. The zero-order valence-corrected chi connectivity index (χ0v) is 10.3. The fourth-order valence-electron chi connectivity index (χ4n) is 1.16. The monoisotopic (exact) mass is 206 g/mol. The van der Waals surface area contributed by atoms with Crippen LogP contribution >= 0.6 is 0 Å². The zero-order valence-electron chi connectivity index (χ0n) is 10.3. The number of carbonyl (C=O) groups excluding carboxylic acids is 1. The standard InChI is InChI=1S/C14H22O/c1-5-14(11-15)10-9-13(4)8-6-7-12(2)3/h7,9-11H,5-6,8H2,1-4H3/b13-9+,14-10-. The van der Waals surface area contributed by atoms with Crippen molar-refractivity contribution in [3.05, 3.63) is 34.9 Å². The summed E-state index contributed by atoms with van der Waals surface area (Å²) in [6.45, 7) is 8.32. The summed E-state index contributed by atoms with van der Waals surface area (Å²) in [6, 6.07) is 0. The van der Waals surface area contributed by atoms with Gasteiger partial charge in [0, 0.05) is 0 Å². The van der Waals surface area contributed by atoms with Crippen molar-refractivity contribution in [2.24, 2.45) is 0 Å². The Morgan fingerprint density at radius 2 is 1.80 bits per heavy atom. The van der Waals surface area contributed by atoms with E-state index in [0.717, 1.165) is 31.1 Å². The molecule has 0 amide bonds. The highest BCUT2D eigenvalue weighted by Gasteiger charge is 1.90. The van der Waals surface area contributed by atoms with Gasteiger partial charge in [0.15, 0.2) is 0 Å². The fraction of sp³-hybridized carbons (Fsp3) is 0.500. The van der Waals surface area contributed by atoms with Crippen molar-refractivity contribution in [1.82, 2.24) is 0 Å². The zero-order chi connectivity index (χ0) is 11.7. The molecule has 0 bridgehead atoms. The lowest BCUT2D eigenvalue weighted by Gasteiger charge is -1.97. The van der Waals surface area contributed by atoms with E-state index in [9.17, 15) is 4.79 Å². The maximum Gasteiger partial charge on any atom is 0.146 e. The highest BCUT2D eigenvalue weighted by molar-refractivity contribution is 5.73. The maximum atomic E-state index is 10.5. The van der Waals surface area contributed by atoms with Crippen molar-refractivity contribution in [1.29, 1.82) is 0 Å². The molecule has 0 fully saturated rings. The molecule has 0 atom stereocenters. The van der Waals surface area contributed by atoms with E-state index >= 15 is 0 Å². The van der Waals surface area contributed by atoms with E-state index < -0.39 is 0 Å². The third-order valence-corrected chi connectivity index (χ3v) is 2.23. The summed E-state index contributed by atoms with van der Waals surface area (Å²) in [7, 11) is 0. The highest BCUT2D eigenvalue weighted by Crippen LogP contribution is 2.08. The summed E-state index contributed by atoms with van der Waals surface area (Å²) in [5, 5.41) is 0. The lowest BCUT2D eigenvalue weighted by atomic mass is 10.1. The first-order valence-electron chi connectivity index (χ1n) is 5.55. The van der Waals surface area contributed by atoms with E-state index in [4.69, 9.17) is 0 Å². The fourth-order valence-corrected chi connectivity index (χ4v) is 1.16. The Balaban J connectivity index is 4.14. The second-order valence-electron chi connectivity index (χ2n) is 4.05. The molecule has 0 heterocycles. The minimum Gasteiger partial charge on any atom is -0.298 e. The Labute approximate surface area is 93.6 Å². The summed E-state index contributed by atoms with van der Waals surface area (Å²) in [5.41, 5.74) is 3.54. The number of rotatable bonds is 6. The molecular weight excluding hydrogens is 184 g/mol. The average molecular weight is 206 g/mol. The molecule has 0 aromatic rings. The van der Waals surface area contributed by atoms with Crippen molar-refractivity contribution in [2.75, 3.05) is 0 Å². The number of hydrogen-bond acceptors (Lipinski definition) is 1. The van der Waals surface area contributed by atoms with E-state index in [2.05, 4.69) is 26.8 Å². The third-order valence-electron chi connectivity index (χ3n) is 2.23. The smallest absolute Gasteiger partial charge is 0.146 e. The summed E-state index contributed by atoms with van der Waals surface area (Å²) in [6.07, 6.45) is 10.1. The second kappa shape index (κ2) is 8.22. The van der Waals surface area contributed by atoms with Crippen LogP contribution in [0, 0.1) is 0 Å². The van der Waals surface area contributed by atoms with Crippen LogP contribution in [0.5, 0.6) is 0 Å². The Hall–Kier alpha value is -1.11. The van der Waals surface area contributed by atoms with Crippen LogP contribution in [-0.2, 0) is 4.79 Å². The minimum absolute atomic E-state index is 0.807. The molecule has 0 saturated carbocycles. The average Bonchev–Trinajstić information content (AvgIpc) is 2.18. The van der Waals surface area contributed by atoms with Gasteiger partial charge >= 0.3 is 0 Å². The van der Waals surface area contributed by atoms with Crippen LogP contribution in [0.2, 0.25) is 0 Å². The molecule has 0 aromatic carbocycles. The normalized spacial score (nSPS) is 12.5. The predicted octanol–water partition coefficient (Wildman–Crippen LogP) is 4.21. The maximum absolute atomic E-state index is 10.5. The largest absolute Gasteiger partial charge is 0.298 e. The summed E-state index contributed by atoms with van der Waals surface area (Å²) in [5.74, 6) is 0. The van der Waals surface area contributed by atoms with Crippen LogP contribution in [0.25, 0.3) is 0 Å². The van der Waals surface area contributed by atoms with E-state index in [0.29, 0.717) is 0 Å².